The number of benzene rings is 3. The fraction of sp³-hybridized carbons (Fsp3) is 0.303. The maximum atomic E-state index is 13.9. The number of ether oxygens (including phenoxy) is 1. The molecule has 2 aliphatic heterocycles. The number of aryl methyl sites for hydroxylation is 2. The average Bonchev–Trinajstić information content (AvgIpc) is 3.62. The quantitative estimate of drug-likeness (QED) is 0.270. The van der Waals surface area contributed by atoms with Crippen molar-refractivity contribution in [3.8, 4) is 16.9 Å². The molecular weight excluding hydrogens is 568 g/mol. The number of aromatic nitrogens is 2. The Balaban J connectivity index is 1.53. The summed E-state index contributed by atoms with van der Waals surface area (Å²) in [7, 11) is 0. The zero-order valence-corrected chi connectivity index (χ0v) is 25.3. The first-order valence-electron chi connectivity index (χ1n) is 14.2. The molecular formula is C33H33ClN4O3S. The fourth-order valence-electron chi connectivity index (χ4n) is 5.57. The van der Waals surface area contributed by atoms with Gasteiger partial charge in [0.1, 0.15) is 12.4 Å². The largest absolute Gasteiger partial charge is 0.376 e. The second-order valence-corrected chi connectivity index (χ2v) is 12.3. The van der Waals surface area contributed by atoms with Crippen LogP contribution in [0.3, 0.4) is 0 Å². The number of hydrogen-bond acceptors (Lipinski definition) is 5. The summed E-state index contributed by atoms with van der Waals surface area (Å²) in [5.74, 6) is 0.467. The molecule has 216 valence electrons. The van der Waals surface area contributed by atoms with Gasteiger partial charge in [-0.25, -0.2) is 4.68 Å². The molecule has 7 nitrogen and oxygen atoms in total. The van der Waals surface area contributed by atoms with E-state index in [4.69, 9.17) is 21.4 Å². The van der Waals surface area contributed by atoms with Crippen LogP contribution in [-0.2, 0) is 14.3 Å². The minimum absolute atomic E-state index is 0.0138. The van der Waals surface area contributed by atoms with Gasteiger partial charge in [-0.15, -0.1) is 11.8 Å². The first kappa shape index (κ1) is 28.5. The van der Waals surface area contributed by atoms with Gasteiger partial charge >= 0.3 is 0 Å². The highest BCUT2D eigenvalue weighted by molar-refractivity contribution is 8.00. The van der Waals surface area contributed by atoms with E-state index in [0.717, 1.165) is 58.6 Å². The molecule has 42 heavy (non-hydrogen) atoms. The summed E-state index contributed by atoms with van der Waals surface area (Å²) < 4.78 is 7.51. The Labute approximate surface area is 255 Å². The third kappa shape index (κ3) is 5.84. The van der Waals surface area contributed by atoms with Gasteiger partial charge in [-0.2, -0.15) is 5.10 Å². The average molecular weight is 601 g/mol. The van der Waals surface area contributed by atoms with Gasteiger partial charge in [0.05, 0.1) is 28.5 Å². The zero-order chi connectivity index (χ0) is 29.2. The summed E-state index contributed by atoms with van der Waals surface area (Å²) in [6.45, 7) is 5.16. The van der Waals surface area contributed by atoms with E-state index < -0.39 is 0 Å². The minimum Gasteiger partial charge on any atom is -0.376 e. The summed E-state index contributed by atoms with van der Waals surface area (Å²) in [5.41, 5.74) is 6.70. The monoisotopic (exact) mass is 600 g/mol. The van der Waals surface area contributed by atoms with Crippen LogP contribution in [0.2, 0.25) is 5.02 Å². The van der Waals surface area contributed by atoms with Gasteiger partial charge in [-0.05, 0) is 62.1 Å². The van der Waals surface area contributed by atoms with Crippen LogP contribution in [0, 0.1) is 13.8 Å². The second kappa shape index (κ2) is 12.3. The molecule has 3 aromatic carbocycles. The van der Waals surface area contributed by atoms with Crippen LogP contribution in [0.1, 0.15) is 40.3 Å². The highest BCUT2D eigenvalue weighted by Crippen LogP contribution is 2.49. The molecule has 0 spiro atoms. The maximum absolute atomic E-state index is 13.9. The molecule has 1 aromatic heterocycles. The molecule has 2 aliphatic rings. The number of carbonyl (C=O) groups excluding carboxylic acids is 2. The van der Waals surface area contributed by atoms with Crippen LogP contribution in [0.5, 0.6) is 0 Å². The minimum atomic E-state index is -0.228. The Hall–Kier alpha value is -3.59. The van der Waals surface area contributed by atoms with Crippen molar-refractivity contribution in [3.63, 3.8) is 0 Å². The predicted octanol–water partition coefficient (Wildman–Crippen LogP) is 6.27. The van der Waals surface area contributed by atoms with Crippen LogP contribution in [0.15, 0.2) is 72.8 Å². The van der Waals surface area contributed by atoms with Crippen LogP contribution >= 0.6 is 23.4 Å². The number of nitrogens with zero attached hydrogens (tertiary/aromatic N) is 3. The van der Waals surface area contributed by atoms with Gasteiger partial charge in [0.25, 0.3) is 0 Å². The molecule has 0 bridgehead atoms. The van der Waals surface area contributed by atoms with E-state index in [2.05, 4.69) is 24.4 Å². The number of rotatable bonds is 7. The summed E-state index contributed by atoms with van der Waals surface area (Å²) in [6.07, 6.45) is 1.93. The molecule has 2 amide bonds. The van der Waals surface area contributed by atoms with Gasteiger partial charge in [0, 0.05) is 29.3 Å². The predicted molar refractivity (Wildman–Crippen MR) is 169 cm³/mol. The van der Waals surface area contributed by atoms with Crippen molar-refractivity contribution < 1.29 is 14.3 Å². The zero-order valence-electron chi connectivity index (χ0n) is 23.7. The van der Waals surface area contributed by atoms with E-state index in [1.54, 1.807) is 16.7 Å². The molecule has 6 rings (SSSR count). The van der Waals surface area contributed by atoms with Crippen molar-refractivity contribution >= 4 is 41.0 Å². The Morgan fingerprint density at radius 3 is 2.55 bits per heavy atom. The molecule has 0 radical (unpaired) electrons. The number of nitrogens with one attached hydrogen (secondary N) is 1. The number of carbonyl (C=O) groups is 2. The van der Waals surface area contributed by atoms with E-state index in [-0.39, 0.29) is 35.5 Å². The maximum Gasteiger partial charge on any atom is 0.240 e. The molecule has 1 saturated heterocycles. The van der Waals surface area contributed by atoms with E-state index in [0.29, 0.717) is 17.4 Å². The molecule has 4 aromatic rings. The number of anilines is 1. The molecule has 2 atom stereocenters. The van der Waals surface area contributed by atoms with Gasteiger partial charge in [-0.1, -0.05) is 65.7 Å². The van der Waals surface area contributed by atoms with E-state index in [9.17, 15) is 9.59 Å². The first-order valence-corrected chi connectivity index (χ1v) is 15.6. The highest BCUT2D eigenvalue weighted by Gasteiger charge is 2.38. The van der Waals surface area contributed by atoms with Crippen molar-refractivity contribution in [1.82, 2.24) is 15.1 Å². The lowest BCUT2D eigenvalue weighted by Crippen LogP contribution is -2.44. The van der Waals surface area contributed by atoms with Crippen LogP contribution < -0.4 is 10.2 Å². The smallest absolute Gasteiger partial charge is 0.240 e. The fourth-order valence-corrected chi connectivity index (χ4v) is 6.98. The van der Waals surface area contributed by atoms with Crippen LogP contribution in [0.25, 0.3) is 16.9 Å². The Kier molecular flexibility index (Phi) is 8.38. The lowest BCUT2D eigenvalue weighted by atomic mass is 9.96. The molecule has 1 fully saturated rings. The van der Waals surface area contributed by atoms with Gasteiger partial charge in [0.15, 0.2) is 0 Å². The number of thioether (sulfide) groups is 1. The lowest BCUT2D eigenvalue weighted by molar-refractivity contribution is -0.123. The Bertz CT molecular complexity index is 1600. The van der Waals surface area contributed by atoms with Crippen molar-refractivity contribution in [3.05, 3.63) is 100 Å². The Morgan fingerprint density at radius 2 is 1.83 bits per heavy atom. The lowest BCUT2D eigenvalue weighted by Gasteiger charge is -2.24. The molecule has 9 heteroatoms. The number of amides is 2. The summed E-state index contributed by atoms with van der Waals surface area (Å²) >= 11 is 7.84. The van der Waals surface area contributed by atoms with Crippen LogP contribution in [-0.4, -0.2) is 53.1 Å². The van der Waals surface area contributed by atoms with E-state index in [1.807, 2.05) is 72.3 Å². The molecule has 0 saturated carbocycles. The standard InChI is InChI=1S/C33H33ClN4O3S/c1-21-9-15-25(16-10-21)38-33-30(31(36-38)23-11-13-24(34)14-12-23)32(27-8-4-3-6-22(27)2)42-20-29(40)37(33)19-28(39)35-18-26-7-5-17-41-26/h3-4,6,8-16,26,32H,5,7,17-20H2,1-2H3,(H,35,39)/t26-,32+/m1/s1. The van der Waals surface area contributed by atoms with E-state index >= 15 is 0 Å². The van der Waals surface area contributed by atoms with Crippen LogP contribution in [0.4, 0.5) is 5.82 Å². The number of halogens is 1. The summed E-state index contributed by atoms with van der Waals surface area (Å²) in [4.78, 5) is 28.8. The second-order valence-electron chi connectivity index (χ2n) is 10.8. The highest BCUT2D eigenvalue weighted by atomic mass is 35.5. The van der Waals surface area contributed by atoms with Crippen molar-refractivity contribution in [2.75, 3.05) is 30.3 Å². The Morgan fingerprint density at radius 1 is 1.07 bits per heavy atom. The molecule has 0 unspecified atom stereocenters. The first-order chi connectivity index (χ1) is 20.4. The van der Waals surface area contributed by atoms with Gasteiger partial charge in [0.2, 0.25) is 11.8 Å². The SMILES string of the molecule is Cc1ccc(-n2nc(-c3ccc(Cl)cc3)c3c2N(CC(=O)NC[C@H]2CCCO2)C(=O)CS[C@H]3c2ccccc2C)cc1. The normalized spacial score (nSPS) is 18.5. The van der Waals surface area contributed by atoms with Crippen molar-refractivity contribution in [2.45, 2.75) is 38.0 Å². The van der Waals surface area contributed by atoms with E-state index in [1.165, 1.54) is 0 Å². The number of hydrogen-bond donors (Lipinski definition) is 1. The van der Waals surface area contributed by atoms with Crippen molar-refractivity contribution in [2.24, 2.45) is 0 Å². The van der Waals surface area contributed by atoms with Gasteiger partial charge in [-0.3, -0.25) is 14.5 Å². The topological polar surface area (TPSA) is 76.5 Å². The summed E-state index contributed by atoms with van der Waals surface area (Å²) in [5, 5.41) is 8.60. The van der Waals surface area contributed by atoms with Gasteiger partial charge < -0.3 is 10.1 Å². The molecule has 1 N–H and O–H groups in total. The number of fused-ring (bicyclic) bond motifs is 1. The third-order valence-corrected chi connectivity index (χ3v) is 9.30. The van der Waals surface area contributed by atoms with Crippen molar-refractivity contribution in [1.29, 1.82) is 0 Å². The summed E-state index contributed by atoms with van der Waals surface area (Å²) in [6, 6.07) is 23.9. The molecule has 3 heterocycles. The third-order valence-electron chi connectivity index (χ3n) is 7.81. The molecule has 0 aliphatic carbocycles.